The highest BCUT2D eigenvalue weighted by Gasteiger charge is 2.29. The zero-order chi connectivity index (χ0) is 17.7. The van der Waals surface area contributed by atoms with Gasteiger partial charge in [0.2, 0.25) is 0 Å². The normalized spacial score (nSPS) is 16.8. The lowest BCUT2D eigenvalue weighted by atomic mass is 10.00. The van der Waals surface area contributed by atoms with Crippen LogP contribution in [0, 0.1) is 19.8 Å². The molecule has 0 atom stereocenters. The van der Waals surface area contributed by atoms with Crippen LogP contribution in [0.3, 0.4) is 0 Å². The lowest BCUT2D eigenvalue weighted by Gasteiger charge is -2.40. The number of hydrogen-bond acceptors (Lipinski definition) is 7. The monoisotopic (exact) mass is 350 g/mol. The molecule has 8 nitrogen and oxygen atoms in total. The van der Waals surface area contributed by atoms with E-state index in [0.29, 0.717) is 5.92 Å². The molecule has 0 spiro atoms. The molecule has 2 aliphatic rings. The molecule has 1 fully saturated rings. The van der Waals surface area contributed by atoms with Crippen molar-refractivity contribution >= 4 is 17.3 Å². The third-order valence-corrected chi connectivity index (χ3v) is 5.29. The molecule has 0 amide bonds. The zero-order valence-electron chi connectivity index (χ0n) is 15.1. The molecule has 1 N–H and O–H groups in total. The second-order valence-electron chi connectivity index (χ2n) is 7.26. The number of fused-ring (bicyclic) bond motifs is 2. The molecule has 3 aromatic rings. The Balaban J connectivity index is 1.23. The Morgan fingerprint density at radius 3 is 2.88 bits per heavy atom. The largest absolute Gasteiger partial charge is 0.369 e. The van der Waals surface area contributed by atoms with Crippen LogP contribution in [0.5, 0.6) is 0 Å². The van der Waals surface area contributed by atoms with Crippen molar-refractivity contribution in [3.63, 3.8) is 0 Å². The number of hydrogen-bond donors (Lipinski definition) is 1. The smallest absolute Gasteiger partial charge is 0.178 e. The summed E-state index contributed by atoms with van der Waals surface area (Å²) in [6.07, 6.45) is 3.37. The molecule has 0 radical (unpaired) electrons. The van der Waals surface area contributed by atoms with Crippen LogP contribution in [0.25, 0.3) is 5.65 Å². The van der Waals surface area contributed by atoms with Crippen LogP contribution in [0.1, 0.15) is 29.3 Å². The molecule has 1 aliphatic heterocycles. The average Bonchev–Trinajstić information content (AvgIpc) is 3.20. The van der Waals surface area contributed by atoms with Crippen LogP contribution in [0.15, 0.2) is 12.1 Å². The van der Waals surface area contributed by atoms with Crippen molar-refractivity contribution in [3.05, 3.63) is 35.0 Å². The first-order chi connectivity index (χ1) is 12.7. The number of aromatic nitrogens is 6. The fourth-order valence-corrected chi connectivity index (χ4v) is 3.88. The van der Waals surface area contributed by atoms with Crippen molar-refractivity contribution in [2.75, 3.05) is 29.9 Å². The van der Waals surface area contributed by atoms with E-state index in [0.717, 1.165) is 61.4 Å². The summed E-state index contributed by atoms with van der Waals surface area (Å²) >= 11 is 0. The lowest BCUT2D eigenvalue weighted by Crippen LogP contribution is -2.50. The van der Waals surface area contributed by atoms with Gasteiger partial charge in [0.05, 0.1) is 0 Å². The predicted octanol–water partition coefficient (Wildman–Crippen LogP) is 1.57. The summed E-state index contributed by atoms with van der Waals surface area (Å²) in [5.74, 6) is 4.30. The van der Waals surface area contributed by atoms with E-state index in [-0.39, 0.29) is 0 Å². The van der Waals surface area contributed by atoms with Crippen LogP contribution >= 0.6 is 0 Å². The molecule has 134 valence electrons. The van der Waals surface area contributed by atoms with Crippen molar-refractivity contribution in [3.8, 4) is 0 Å². The first kappa shape index (κ1) is 15.5. The average molecular weight is 350 g/mol. The summed E-state index contributed by atoms with van der Waals surface area (Å²) in [5, 5.41) is 16.4. The first-order valence-corrected chi connectivity index (χ1v) is 9.21. The minimum atomic E-state index is 0.599. The lowest BCUT2D eigenvalue weighted by molar-refractivity contribution is 0.424. The van der Waals surface area contributed by atoms with Crippen LogP contribution in [0.4, 0.5) is 11.6 Å². The van der Waals surface area contributed by atoms with Gasteiger partial charge < -0.3 is 10.2 Å². The fraction of sp³-hybridized carbons (Fsp3) is 0.500. The van der Waals surface area contributed by atoms with Crippen molar-refractivity contribution in [2.45, 2.75) is 33.1 Å². The van der Waals surface area contributed by atoms with Crippen molar-refractivity contribution in [2.24, 2.45) is 5.92 Å². The zero-order valence-corrected chi connectivity index (χ0v) is 15.1. The molecule has 0 bridgehead atoms. The maximum absolute atomic E-state index is 4.64. The first-order valence-electron chi connectivity index (χ1n) is 9.21. The molecule has 0 saturated carbocycles. The van der Waals surface area contributed by atoms with Gasteiger partial charge in [-0.3, -0.25) is 0 Å². The Hall–Kier alpha value is -2.77. The minimum absolute atomic E-state index is 0.599. The van der Waals surface area contributed by atoms with Crippen LogP contribution in [0.2, 0.25) is 0 Å². The minimum Gasteiger partial charge on any atom is -0.369 e. The number of nitrogens with one attached hydrogen (secondary N) is 1. The van der Waals surface area contributed by atoms with E-state index >= 15 is 0 Å². The van der Waals surface area contributed by atoms with Crippen molar-refractivity contribution in [1.29, 1.82) is 0 Å². The van der Waals surface area contributed by atoms with E-state index in [1.165, 1.54) is 17.7 Å². The van der Waals surface area contributed by atoms with Gasteiger partial charge in [0, 0.05) is 36.8 Å². The van der Waals surface area contributed by atoms with Gasteiger partial charge in [-0.15, -0.1) is 15.3 Å². The van der Waals surface area contributed by atoms with Gasteiger partial charge in [0.15, 0.2) is 11.5 Å². The maximum atomic E-state index is 4.64. The van der Waals surface area contributed by atoms with Crippen LogP contribution < -0.4 is 10.2 Å². The summed E-state index contributed by atoms with van der Waals surface area (Å²) in [7, 11) is 0. The van der Waals surface area contributed by atoms with Crippen molar-refractivity contribution in [1.82, 2.24) is 29.8 Å². The maximum Gasteiger partial charge on any atom is 0.178 e. The van der Waals surface area contributed by atoms with Gasteiger partial charge in [-0.25, -0.2) is 9.97 Å². The highest BCUT2D eigenvalue weighted by atomic mass is 15.4. The fourth-order valence-electron chi connectivity index (χ4n) is 3.88. The van der Waals surface area contributed by atoms with E-state index in [2.05, 4.69) is 35.5 Å². The van der Waals surface area contributed by atoms with Gasteiger partial charge in [0.25, 0.3) is 0 Å². The highest BCUT2D eigenvalue weighted by molar-refractivity contribution is 5.50. The Labute approximate surface area is 151 Å². The summed E-state index contributed by atoms with van der Waals surface area (Å²) < 4.78 is 1.80. The molecule has 0 unspecified atom stereocenters. The predicted molar refractivity (Wildman–Crippen MR) is 98.5 cm³/mol. The highest BCUT2D eigenvalue weighted by Crippen LogP contribution is 2.28. The van der Waals surface area contributed by atoms with E-state index < -0.39 is 0 Å². The van der Waals surface area contributed by atoms with Gasteiger partial charge in [0.1, 0.15) is 17.5 Å². The molecule has 8 heteroatoms. The Bertz CT molecular complexity index is 973. The number of anilines is 2. The second kappa shape index (κ2) is 5.89. The van der Waals surface area contributed by atoms with Gasteiger partial charge in [-0.2, -0.15) is 4.52 Å². The van der Waals surface area contributed by atoms with Crippen LogP contribution in [-0.2, 0) is 12.8 Å². The molecule has 1 saturated heterocycles. The standard InChI is InChI=1S/C18H22N8/c1-11-20-15-5-3-4-14(15)18(21-11)19-8-13-9-25(10-13)17-7-6-16-23-22-12(2)26(16)24-17/h6-7,13H,3-5,8-10H2,1-2H3,(H,19,20,21). The molecular weight excluding hydrogens is 328 g/mol. The van der Waals surface area contributed by atoms with E-state index in [1.807, 2.05) is 26.0 Å². The summed E-state index contributed by atoms with van der Waals surface area (Å²) in [6, 6.07) is 3.99. The molecule has 26 heavy (non-hydrogen) atoms. The molecule has 1 aliphatic carbocycles. The van der Waals surface area contributed by atoms with E-state index in [1.54, 1.807) is 4.52 Å². The SMILES string of the molecule is Cc1nc2c(c(NCC3CN(c4ccc5nnc(C)n5n4)C3)n1)CCC2. The summed E-state index contributed by atoms with van der Waals surface area (Å²) in [4.78, 5) is 11.5. The summed E-state index contributed by atoms with van der Waals surface area (Å²) in [6.45, 7) is 6.83. The molecule has 5 rings (SSSR count). The Morgan fingerprint density at radius 1 is 1.12 bits per heavy atom. The quantitative estimate of drug-likeness (QED) is 0.764. The summed E-state index contributed by atoms with van der Waals surface area (Å²) in [5.41, 5.74) is 3.34. The van der Waals surface area contributed by atoms with Crippen molar-refractivity contribution < 1.29 is 0 Å². The van der Waals surface area contributed by atoms with Gasteiger partial charge in [-0.05, 0) is 45.2 Å². The third kappa shape index (κ3) is 2.56. The number of nitrogens with zero attached hydrogens (tertiary/aromatic N) is 7. The molecule has 4 heterocycles. The number of rotatable bonds is 4. The third-order valence-electron chi connectivity index (χ3n) is 5.29. The second-order valence-corrected chi connectivity index (χ2v) is 7.26. The molecule has 0 aromatic carbocycles. The van der Waals surface area contributed by atoms with Gasteiger partial charge >= 0.3 is 0 Å². The molecular formula is C18H22N8. The van der Waals surface area contributed by atoms with E-state index in [9.17, 15) is 0 Å². The van der Waals surface area contributed by atoms with Crippen LogP contribution in [-0.4, -0.2) is 49.4 Å². The Kier molecular flexibility index (Phi) is 3.51. The Morgan fingerprint density at radius 2 is 2.00 bits per heavy atom. The number of aryl methyl sites for hydroxylation is 3. The van der Waals surface area contributed by atoms with Gasteiger partial charge in [-0.1, -0.05) is 0 Å². The molecule has 3 aromatic heterocycles. The van der Waals surface area contributed by atoms with E-state index in [4.69, 9.17) is 0 Å². The topological polar surface area (TPSA) is 84.1 Å².